The summed E-state index contributed by atoms with van der Waals surface area (Å²) in [5, 5.41) is 13.1. The number of thioether (sulfide) groups is 1. The van der Waals surface area contributed by atoms with Gasteiger partial charge in [-0.2, -0.15) is 0 Å². The lowest BCUT2D eigenvalue weighted by Gasteiger charge is -2.11. The van der Waals surface area contributed by atoms with Crippen molar-refractivity contribution in [3.63, 3.8) is 0 Å². The van der Waals surface area contributed by atoms with Crippen LogP contribution in [0.15, 0.2) is 39.6 Å². The third kappa shape index (κ3) is 3.78. The van der Waals surface area contributed by atoms with E-state index in [0.717, 1.165) is 28.7 Å². The molecule has 26 heavy (non-hydrogen) atoms. The maximum Gasteiger partial charge on any atom is 0.337 e. The number of benzene rings is 1. The van der Waals surface area contributed by atoms with E-state index in [1.165, 1.54) is 5.38 Å². The number of carbonyl (C=O) groups is 2. The summed E-state index contributed by atoms with van der Waals surface area (Å²) in [5.74, 6) is -1.39. The van der Waals surface area contributed by atoms with Crippen molar-refractivity contribution < 1.29 is 14.7 Å². The standard InChI is InChI=1S/C17H15N3O4S2/c1-8-3-5-10(6-4-8)18-13(21)9(2)26-17-19-14(22)12-11(16(23)24)7-25-15(12)20-17/h3-7,9H,1-2H3,(H,18,21)(H,23,24)(H,19,20,22). The van der Waals surface area contributed by atoms with E-state index in [-0.39, 0.29) is 22.0 Å². The number of rotatable bonds is 5. The van der Waals surface area contributed by atoms with Crippen molar-refractivity contribution >= 4 is 50.9 Å². The lowest BCUT2D eigenvalue weighted by molar-refractivity contribution is -0.115. The fraction of sp³-hybridized carbons (Fsp3) is 0.176. The monoisotopic (exact) mass is 389 g/mol. The highest BCUT2D eigenvalue weighted by molar-refractivity contribution is 8.00. The van der Waals surface area contributed by atoms with Gasteiger partial charge in [0.1, 0.15) is 4.83 Å². The van der Waals surface area contributed by atoms with E-state index in [4.69, 9.17) is 5.11 Å². The van der Waals surface area contributed by atoms with Crippen molar-refractivity contribution in [3.05, 3.63) is 51.1 Å². The fourth-order valence-corrected chi connectivity index (χ4v) is 4.01. The van der Waals surface area contributed by atoms with Gasteiger partial charge in [-0.05, 0) is 26.0 Å². The average molecular weight is 389 g/mol. The van der Waals surface area contributed by atoms with E-state index in [9.17, 15) is 14.4 Å². The van der Waals surface area contributed by atoms with Crippen molar-refractivity contribution in [2.75, 3.05) is 5.32 Å². The van der Waals surface area contributed by atoms with Crippen LogP contribution in [0.25, 0.3) is 10.2 Å². The summed E-state index contributed by atoms with van der Waals surface area (Å²) in [6.45, 7) is 3.66. The highest BCUT2D eigenvalue weighted by Crippen LogP contribution is 2.25. The predicted molar refractivity (Wildman–Crippen MR) is 102 cm³/mol. The topological polar surface area (TPSA) is 112 Å². The number of aryl methyl sites for hydroxylation is 1. The minimum Gasteiger partial charge on any atom is -0.478 e. The molecule has 0 spiro atoms. The molecule has 2 heterocycles. The molecule has 1 unspecified atom stereocenters. The van der Waals surface area contributed by atoms with Crippen molar-refractivity contribution in [1.82, 2.24) is 9.97 Å². The number of carbonyl (C=O) groups excluding carboxylic acids is 1. The Morgan fingerprint density at radius 1 is 1.31 bits per heavy atom. The van der Waals surface area contributed by atoms with Crippen molar-refractivity contribution in [2.45, 2.75) is 24.3 Å². The van der Waals surface area contributed by atoms with Gasteiger partial charge >= 0.3 is 5.97 Å². The number of aromatic nitrogens is 2. The SMILES string of the molecule is Cc1ccc(NC(=O)C(C)Sc2nc3scc(C(=O)O)c3c(=O)[nH]2)cc1. The fourth-order valence-electron chi connectivity index (χ4n) is 2.24. The minimum atomic E-state index is -1.17. The molecule has 0 saturated carbocycles. The Kier molecular flexibility index (Phi) is 5.10. The van der Waals surface area contributed by atoms with Gasteiger partial charge in [0, 0.05) is 11.1 Å². The van der Waals surface area contributed by atoms with Crippen molar-refractivity contribution in [1.29, 1.82) is 0 Å². The molecule has 0 saturated heterocycles. The highest BCUT2D eigenvalue weighted by Gasteiger charge is 2.19. The second-order valence-corrected chi connectivity index (χ2v) is 7.81. The summed E-state index contributed by atoms with van der Waals surface area (Å²) in [6.07, 6.45) is 0. The number of amides is 1. The Hall–Kier alpha value is -2.65. The lowest BCUT2D eigenvalue weighted by Crippen LogP contribution is -2.23. The molecule has 3 rings (SSSR count). The molecule has 3 N–H and O–H groups in total. The molecule has 0 radical (unpaired) electrons. The third-order valence-corrected chi connectivity index (χ3v) is 5.49. The van der Waals surface area contributed by atoms with Gasteiger partial charge < -0.3 is 15.4 Å². The molecule has 0 aliphatic rings. The normalized spacial score (nSPS) is 12.1. The van der Waals surface area contributed by atoms with E-state index >= 15 is 0 Å². The number of nitrogens with zero attached hydrogens (tertiary/aromatic N) is 1. The maximum atomic E-state index is 12.3. The summed E-state index contributed by atoms with van der Waals surface area (Å²) in [7, 11) is 0. The molecule has 0 fully saturated rings. The molecule has 7 nitrogen and oxygen atoms in total. The first-order valence-corrected chi connectivity index (χ1v) is 9.40. The van der Waals surface area contributed by atoms with E-state index < -0.39 is 16.8 Å². The molecule has 0 aliphatic carbocycles. The molecular formula is C17H15N3O4S2. The summed E-state index contributed by atoms with van der Waals surface area (Å²) in [6, 6.07) is 7.43. The molecule has 0 bridgehead atoms. The van der Waals surface area contributed by atoms with Crippen LogP contribution < -0.4 is 10.9 Å². The minimum absolute atomic E-state index is 0.0589. The number of aromatic amines is 1. The molecule has 0 aliphatic heterocycles. The van der Waals surface area contributed by atoms with Gasteiger partial charge in [-0.15, -0.1) is 11.3 Å². The number of thiophene rings is 1. The van der Waals surface area contributed by atoms with Crippen molar-refractivity contribution in [2.24, 2.45) is 0 Å². The first-order chi connectivity index (χ1) is 12.3. The molecule has 3 aromatic rings. The van der Waals surface area contributed by atoms with Gasteiger partial charge in [-0.1, -0.05) is 29.5 Å². The Balaban J connectivity index is 1.77. The molecule has 1 aromatic carbocycles. The summed E-state index contributed by atoms with van der Waals surface area (Å²) in [5.41, 5.74) is 1.19. The summed E-state index contributed by atoms with van der Waals surface area (Å²) >= 11 is 2.19. The molecule has 9 heteroatoms. The van der Waals surface area contributed by atoms with Crippen LogP contribution >= 0.6 is 23.1 Å². The Labute approximate surface area is 156 Å². The van der Waals surface area contributed by atoms with Crippen LogP contribution in [-0.2, 0) is 4.79 Å². The number of hydrogen-bond donors (Lipinski definition) is 3. The predicted octanol–water partition coefficient (Wildman–Crippen LogP) is 3.11. The van der Waals surface area contributed by atoms with Gasteiger partial charge in [0.25, 0.3) is 5.56 Å². The highest BCUT2D eigenvalue weighted by atomic mass is 32.2. The number of H-pyrrole nitrogens is 1. The number of carboxylic acids is 1. The zero-order valence-corrected chi connectivity index (χ0v) is 15.5. The lowest BCUT2D eigenvalue weighted by atomic mass is 10.2. The summed E-state index contributed by atoms with van der Waals surface area (Å²) in [4.78, 5) is 42.8. The van der Waals surface area contributed by atoms with Crippen LogP contribution in [0.5, 0.6) is 0 Å². The van der Waals surface area contributed by atoms with Crippen LogP contribution in [0, 0.1) is 6.92 Å². The molecular weight excluding hydrogens is 374 g/mol. The molecule has 134 valence electrons. The van der Waals surface area contributed by atoms with Crippen LogP contribution in [0.2, 0.25) is 0 Å². The second kappa shape index (κ2) is 7.30. The number of anilines is 1. The van der Waals surface area contributed by atoms with Crippen molar-refractivity contribution in [3.8, 4) is 0 Å². The number of hydrogen-bond acceptors (Lipinski definition) is 6. The zero-order valence-electron chi connectivity index (χ0n) is 13.9. The molecule has 1 amide bonds. The van der Waals surface area contributed by atoms with Crippen LogP contribution in [0.1, 0.15) is 22.8 Å². The van der Waals surface area contributed by atoms with Gasteiger partial charge in [0.05, 0.1) is 16.2 Å². The summed E-state index contributed by atoms with van der Waals surface area (Å²) < 4.78 is 0. The smallest absolute Gasteiger partial charge is 0.337 e. The van der Waals surface area contributed by atoms with E-state index in [1.54, 1.807) is 6.92 Å². The van der Waals surface area contributed by atoms with Gasteiger partial charge in [0.2, 0.25) is 5.91 Å². The van der Waals surface area contributed by atoms with E-state index in [1.807, 2.05) is 31.2 Å². The van der Waals surface area contributed by atoms with Crippen LogP contribution in [0.4, 0.5) is 5.69 Å². The van der Waals surface area contributed by atoms with Crippen LogP contribution in [-0.4, -0.2) is 32.2 Å². The first-order valence-electron chi connectivity index (χ1n) is 7.64. The number of aromatic carboxylic acids is 1. The Morgan fingerprint density at radius 2 is 2.00 bits per heavy atom. The Morgan fingerprint density at radius 3 is 2.65 bits per heavy atom. The number of fused-ring (bicyclic) bond motifs is 1. The second-order valence-electron chi connectivity index (χ2n) is 5.62. The third-order valence-electron chi connectivity index (χ3n) is 3.63. The van der Waals surface area contributed by atoms with Crippen LogP contribution in [0.3, 0.4) is 0 Å². The first kappa shape index (κ1) is 18.2. The van der Waals surface area contributed by atoms with Gasteiger partial charge in [-0.3, -0.25) is 9.59 Å². The number of nitrogens with one attached hydrogen (secondary N) is 2. The Bertz CT molecular complexity index is 1040. The number of carboxylic acid groups (broad SMARTS) is 1. The molecule has 2 aromatic heterocycles. The maximum absolute atomic E-state index is 12.3. The van der Waals surface area contributed by atoms with Gasteiger partial charge in [-0.25, -0.2) is 9.78 Å². The molecule has 1 atom stereocenters. The average Bonchev–Trinajstić information content (AvgIpc) is 3.01. The quantitative estimate of drug-likeness (QED) is 0.457. The van der Waals surface area contributed by atoms with Gasteiger partial charge in [0.15, 0.2) is 5.16 Å². The van der Waals surface area contributed by atoms with E-state index in [0.29, 0.717) is 10.5 Å². The zero-order chi connectivity index (χ0) is 18.8. The van der Waals surface area contributed by atoms with E-state index in [2.05, 4.69) is 15.3 Å². The largest absolute Gasteiger partial charge is 0.478 e.